The van der Waals surface area contributed by atoms with Gasteiger partial charge in [0.15, 0.2) is 0 Å². The first-order valence-electron chi connectivity index (χ1n) is 12.9. The van der Waals surface area contributed by atoms with Crippen LogP contribution in [0.15, 0.2) is 60.9 Å². The SMILES string of the molecule is Cn1ccc(-c2cc(C(=O)Nc3cnc(CN4CCN([S+](C)[O-])CC4)nc3-c3ccccc3)c(F)cc2C(F)(F)F)n1. The van der Waals surface area contributed by atoms with Crippen LogP contribution in [0.4, 0.5) is 23.2 Å². The number of amides is 1. The number of hydrogen-bond donors (Lipinski definition) is 1. The number of alkyl halides is 3. The predicted molar refractivity (Wildman–Crippen MR) is 150 cm³/mol. The van der Waals surface area contributed by atoms with Crippen molar-refractivity contribution in [3.05, 3.63) is 83.7 Å². The molecule has 4 aromatic rings. The smallest absolute Gasteiger partial charge is 0.417 e. The molecule has 1 saturated heterocycles. The Morgan fingerprint density at radius 2 is 1.81 bits per heavy atom. The predicted octanol–water partition coefficient (Wildman–Crippen LogP) is 4.37. The first-order valence-corrected chi connectivity index (χ1v) is 14.5. The van der Waals surface area contributed by atoms with Crippen LogP contribution < -0.4 is 5.32 Å². The molecule has 0 spiro atoms. The number of benzene rings is 2. The molecule has 0 bridgehead atoms. The normalized spacial score (nSPS) is 15.5. The van der Waals surface area contributed by atoms with Crippen molar-refractivity contribution in [2.75, 3.05) is 37.8 Å². The Hall–Kier alpha value is -3.85. The molecule has 1 amide bonds. The van der Waals surface area contributed by atoms with E-state index < -0.39 is 46.0 Å². The van der Waals surface area contributed by atoms with Crippen LogP contribution in [0.2, 0.25) is 0 Å². The highest BCUT2D eigenvalue weighted by Crippen LogP contribution is 2.38. The molecule has 0 aliphatic carbocycles. The molecule has 5 rings (SSSR count). The molecule has 1 fully saturated rings. The molecule has 1 aliphatic heterocycles. The Morgan fingerprint density at radius 3 is 2.43 bits per heavy atom. The van der Waals surface area contributed by atoms with Crippen molar-refractivity contribution in [2.24, 2.45) is 7.05 Å². The lowest BCUT2D eigenvalue weighted by molar-refractivity contribution is -0.137. The molecule has 1 unspecified atom stereocenters. The summed E-state index contributed by atoms with van der Waals surface area (Å²) in [5.41, 5.74) is -1.10. The number of aromatic nitrogens is 4. The summed E-state index contributed by atoms with van der Waals surface area (Å²) in [6.07, 6.45) is -0.364. The zero-order valence-corrected chi connectivity index (χ0v) is 23.5. The average molecular weight is 602 g/mol. The van der Waals surface area contributed by atoms with Crippen LogP contribution in [0, 0.1) is 5.82 Å². The van der Waals surface area contributed by atoms with E-state index in [9.17, 15) is 22.5 Å². The third-order valence-corrected chi connectivity index (χ3v) is 7.93. The fourth-order valence-corrected chi connectivity index (χ4v) is 5.37. The quantitative estimate of drug-likeness (QED) is 0.248. The Bertz CT molecular complexity index is 1570. The number of hydrogen-bond acceptors (Lipinski definition) is 7. The molecule has 2 aromatic carbocycles. The minimum atomic E-state index is -4.87. The summed E-state index contributed by atoms with van der Waals surface area (Å²) in [4.78, 5) is 24.5. The molecule has 1 aliphatic rings. The summed E-state index contributed by atoms with van der Waals surface area (Å²) in [5, 5.41) is 6.61. The first-order chi connectivity index (χ1) is 20.0. The summed E-state index contributed by atoms with van der Waals surface area (Å²) < 4.78 is 71.2. The number of carbonyl (C=O) groups excluding carboxylic acids is 1. The highest BCUT2D eigenvalue weighted by molar-refractivity contribution is 7.88. The molecular weight excluding hydrogens is 574 g/mol. The molecule has 0 saturated carbocycles. The maximum Gasteiger partial charge on any atom is 0.417 e. The van der Waals surface area contributed by atoms with Crippen LogP contribution in [0.1, 0.15) is 21.7 Å². The number of nitrogens with one attached hydrogen (secondary N) is 1. The minimum absolute atomic E-state index is 0.0532. The zero-order valence-electron chi connectivity index (χ0n) is 22.7. The van der Waals surface area contributed by atoms with E-state index in [1.54, 1.807) is 30.5 Å². The number of piperazine rings is 1. The van der Waals surface area contributed by atoms with E-state index in [-0.39, 0.29) is 11.4 Å². The summed E-state index contributed by atoms with van der Waals surface area (Å²) in [7, 11) is 1.54. The van der Waals surface area contributed by atoms with E-state index >= 15 is 4.39 Å². The topological polar surface area (TPSA) is 102 Å². The van der Waals surface area contributed by atoms with Crippen molar-refractivity contribution in [2.45, 2.75) is 12.7 Å². The molecule has 9 nitrogen and oxygen atoms in total. The largest absolute Gasteiger partial charge is 0.598 e. The van der Waals surface area contributed by atoms with Crippen LogP contribution in [-0.4, -0.2) is 71.8 Å². The van der Waals surface area contributed by atoms with E-state index in [1.807, 2.05) is 10.4 Å². The standard InChI is InChI=1S/C28H27F4N7O2S/c1-37-9-8-23(36-37)19-14-20(22(29)15-21(19)28(30,31)32)27(40)34-24-16-33-25(35-26(24)18-6-4-3-5-7-18)17-38-10-12-39(13-11-38)42(2)41/h3-9,14-16H,10-13,17H2,1-2H3,(H,34,40). The second kappa shape index (κ2) is 12.2. The Kier molecular flexibility index (Phi) is 8.59. The number of rotatable bonds is 7. The minimum Gasteiger partial charge on any atom is -0.598 e. The maximum atomic E-state index is 15.0. The second-order valence-electron chi connectivity index (χ2n) is 9.75. The molecular formula is C28H27F4N7O2S. The monoisotopic (exact) mass is 601 g/mol. The molecule has 1 N–H and O–H groups in total. The van der Waals surface area contributed by atoms with Gasteiger partial charge in [-0.1, -0.05) is 30.3 Å². The van der Waals surface area contributed by atoms with E-state index in [0.29, 0.717) is 55.9 Å². The summed E-state index contributed by atoms with van der Waals surface area (Å²) in [6, 6.07) is 11.5. The van der Waals surface area contributed by atoms with Gasteiger partial charge in [0.05, 0.1) is 54.0 Å². The van der Waals surface area contributed by atoms with Gasteiger partial charge in [-0.25, -0.2) is 14.4 Å². The van der Waals surface area contributed by atoms with Gasteiger partial charge in [0.2, 0.25) is 0 Å². The average Bonchev–Trinajstić information content (AvgIpc) is 3.40. The van der Waals surface area contributed by atoms with Gasteiger partial charge in [0.1, 0.15) is 17.9 Å². The first kappa shape index (κ1) is 29.6. The summed E-state index contributed by atoms with van der Waals surface area (Å²) in [6.45, 7) is 3.05. The summed E-state index contributed by atoms with van der Waals surface area (Å²) in [5.74, 6) is -1.81. The van der Waals surface area contributed by atoms with Crippen LogP contribution in [0.25, 0.3) is 22.5 Å². The maximum absolute atomic E-state index is 15.0. The fraction of sp³-hybridized carbons (Fsp3) is 0.286. The van der Waals surface area contributed by atoms with Crippen LogP contribution in [0.5, 0.6) is 0 Å². The van der Waals surface area contributed by atoms with Gasteiger partial charge in [-0.3, -0.25) is 14.4 Å². The van der Waals surface area contributed by atoms with Gasteiger partial charge in [-0.15, -0.1) is 4.31 Å². The number of halogens is 4. The van der Waals surface area contributed by atoms with Gasteiger partial charge in [0.25, 0.3) is 5.91 Å². The van der Waals surface area contributed by atoms with Crippen molar-refractivity contribution >= 4 is 23.0 Å². The van der Waals surface area contributed by atoms with E-state index in [1.165, 1.54) is 30.2 Å². The molecule has 42 heavy (non-hydrogen) atoms. The van der Waals surface area contributed by atoms with Gasteiger partial charge in [-0.05, 0) is 18.2 Å². The van der Waals surface area contributed by atoms with Gasteiger partial charge < -0.3 is 9.87 Å². The van der Waals surface area contributed by atoms with E-state index in [4.69, 9.17) is 0 Å². The van der Waals surface area contributed by atoms with Gasteiger partial charge in [-0.2, -0.15) is 18.3 Å². The summed E-state index contributed by atoms with van der Waals surface area (Å²) >= 11 is -1.04. The van der Waals surface area contributed by atoms with E-state index in [2.05, 4.69) is 25.3 Å². The van der Waals surface area contributed by atoms with E-state index in [0.717, 1.165) is 6.07 Å². The fourth-order valence-electron chi connectivity index (χ4n) is 4.69. The molecule has 2 aromatic heterocycles. The number of nitrogens with zero attached hydrogens (tertiary/aromatic N) is 6. The van der Waals surface area contributed by atoms with Crippen LogP contribution >= 0.6 is 0 Å². The lowest BCUT2D eigenvalue weighted by Crippen LogP contribution is -2.48. The highest BCUT2D eigenvalue weighted by atomic mass is 32.2. The van der Waals surface area contributed by atoms with Crippen molar-refractivity contribution in [3.8, 4) is 22.5 Å². The lowest BCUT2D eigenvalue weighted by atomic mass is 9.99. The molecule has 14 heteroatoms. The van der Waals surface area contributed by atoms with Gasteiger partial charge >= 0.3 is 6.18 Å². The number of anilines is 1. The second-order valence-corrected chi connectivity index (χ2v) is 11.1. The van der Waals surface area contributed by atoms with Crippen molar-refractivity contribution < 1.29 is 26.9 Å². The van der Waals surface area contributed by atoms with Crippen molar-refractivity contribution in [1.29, 1.82) is 0 Å². The number of carbonyl (C=O) groups is 1. The highest BCUT2D eigenvalue weighted by Gasteiger charge is 2.36. The molecule has 0 radical (unpaired) electrons. The molecule has 1 atom stereocenters. The van der Waals surface area contributed by atoms with Crippen LogP contribution in [-0.2, 0) is 31.1 Å². The third kappa shape index (κ3) is 6.62. The Balaban J connectivity index is 1.45. The van der Waals surface area contributed by atoms with Gasteiger partial charge in [0, 0.05) is 48.8 Å². The zero-order chi connectivity index (χ0) is 30.0. The lowest BCUT2D eigenvalue weighted by Gasteiger charge is -2.32. The van der Waals surface area contributed by atoms with Crippen molar-refractivity contribution in [3.63, 3.8) is 0 Å². The third-order valence-electron chi connectivity index (χ3n) is 6.84. The Morgan fingerprint density at radius 1 is 1.10 bits per heavy atom. The van der Waals surface area contributed by atoms with Crippen molar-refractivity contribution in [1.82, 2.24) is 29.0 Å². The molecule has 220 valence electrons. The number of aryl methyl sites for hydroxylation is 1. The van der Waals surface area contributed by atoms with Crippen LogP contribution in [0.3, 0.4) is 0 Å². The molecule has 3 heterocycles. The Labute approximate surface area is 242 Å².